The predicted octanol–water partition coefficient (Wildman–Crippen LogP) is 5.22. The third-order valence-corrected chi connectivity index (χ3v) is 5.90. The van der Waals surface area contributed by atoms with Gasteiger partial charge < -0.3 is 10.1 Å². The van der Waals surface area contributed by atoms with E-state index in [0.717, 1.165) is 14.9 Å². The number of thiophene rings is 1. The highest BCUT2D eigenvalue weighted by molar-refractivity contribution is 9.10. The van der Waals surface area contributed by atoms with E-state index in [1.807, 2.05) is 54.8 Å². The molecule has 0 unspecified atom stereocenters. The molecule has 0 radical (unpaired) electrons. The summed E-state index contributed by atoms with van der Waals surface area (Å²) in [6.45, 7) is 1.90. The maximum atomic E-state index is 13.4. The van der Waals surface area contributed by atoms with E-state index in [1.165, 1.54) is 23.3 Å². The van der Waals surface area contributed by atoms with Crippen molar-refractivity contribution < 1.29 is 14.3 Å². The molecular weight excluding hydrogens is 452 g/mol. The largest absolute Gasteiger partial charge is 0.495 e. The third kappa shape index (κ3) is 3.59. The van der Waals surface area contributed by atoms with Crippen molar-refractivity contribution in [1.29, 1.82) is 0 Å². The van der Waals surface area contributed by atoms with Crippen LogP contribution in [0.25, 0.3) is 5.57 Å². The number of rotatable bonds is 5. The fourth-order valence-electron chi connectivity index (χ4n) is 3.20. The SMILES string of the molecule is COc1ccc(C)cc1N1C(=O)C(Nc2cccc(Br)c2)=C(c2cccs2)C1=O. The van der Waals surface area contributed by atoms with Crippen molar-refractivity contribution >= 4 is 56.0 Å². The number of methoxy groups -OCH3 is 1. The zero-order chi connectivity index (χ0) is 20.5. The van der Waals surface area contributed by atoms with Gasteiger partial charge in [-0.3, -0.25) is 9.59 Å². The normalized spacial score (nSPS) is 14.0. The highest BCUT2D eigenvalue weighted by Crippen LogP contribution is 2.39. The maximum absolute atomic E-state index is 13.4. The Balaban J connectivity index is 1.84. The van der Waals surface area contributed by atoms with Crippen LogP contribution in [-0.2, 0) is 9.59 Å². The van der Waals surface area contributed by atoms with Crippen LogP contribution in [-0.4, -0.2) is 18.9 Å². The molecule has 2 heterocycles. The summed E-state index contributed by atoms with van der Waals surface area (Å²) in [5, 5.41) is 5.04. The molecule has 1 aliphatic heterocycles. The van der Waals surface area contributed by atoms with Gasteiger partial charge in [-0.25, -0.2) is 4.90 Å². The number of carbonyl (C=O) groups is 2. The predicted molar refractivity (Wildman–Crippen MR) is 119 cm³/mol. The Kier molecular flexibility index (Phi) is 5.25. The Labute approximate surface area is 180 Å². The van der Waals surface area contributed by atoms with Crippen molar-refractivity contribution in [3.05, 3.63) is 80.6 Å². The maximum Gasteiger partial charge on any atom is 0.282 e. The number of ether oxygens (including phenoxy) is 1. The second kappa shape index (κ2) is 7.85. The van der Waals surface area contributed by atoms with Gasteiger partial charge in [0, 0.05) is 15.0 Å². The lowest BCUT2D eigenvalue weighted by Gasteiger charge is -2.19. The summed E-state index contributed by atoms with van der Waals surface area (Å²) in [7, 11) is 1.52. The topological polar surface area (TPSA) is 58.6 Å². The molecule has 0 spiro atoms. The Morgan fingerprint density at radius 1 is 1.03 bits per heavy atom. The first-order valence-electron chi connectivity index (χ1n) is 8.83. The van der Waals surface area contributed by atoms with Gasteiger partial charge in [-0.05, 0) is 54.3 Å². The van der Waals surface area contributed by atoms with E-state index >= 15 is 0 Å². The first-order valence-corrected chi connectivity index (χ1v) is 10.5. The molecule has 5 nitrogen and oxygen atoms in total. The summed E-state index contributed by atoms with van der Waals surface area (Å²) in [4.78, 5) is 28.7. The quantitative estimate of drug-likeness (QED) is 0.521. The molecule has 0 saturated heterocycles. The Bertz CT molecular complexity index is 1140. The first-order chi connectivity index (χ1) is 14.0. The van der Waals surface area contributed by atoms with Crippen molar-refractivity contribution in [2.45, 2.75) is 6.92 Å². The van der Waals surface area contributed by atoms with E-state index in [-0.39, 0.29) is 11.6 Å². The summed E-state index contributed by atoms with van der Waals surface area (Å²) in [6, 6.07) is 16.6. The molecule has 0 aliphatic carbocycles. The molecule has 2 amide bonds. The lowest BCUT2D eigenvalue weighted by Crippen LogP contribution is -2.32. The second-order valence-corrected chi connectivity index (χ2v) is 8.35. The molecule has 1 aliphatic rings. The van der Waals surface area contributed by atoms with Crippen LogP contribution >= 0.6 is 27.3 Å². The Hall–Kier alpha value is -2.90. The van der Waals surface area contributed by atoms with E-state index in [0.29, 0.717) is 22.7 Å². The second-order valence-electron chi connectivity index (χ2n) is 6.48. The van der Waals surface area contributed by atoms with Gasteiger partial charge in [-0.15, -0.1) is 11.3 Å². The number of benzene rings is 2. The van der Waals surface area contributed by atoms with Crippen LogP contribution in [0.3, 0.4) is 0 Å². The molecule has 7 heteroatoms. The number of aryl methyl sites for hydroxylation is 1. The summed E-state index contributed by atoms with van der Waals surface area (Å²) < 4.78 is 6.29. The molecule has 29 heavy (non-hydrogen) atoms. The summed E-state index contributed by atoms with van der Waals surface area (Å²) >= 11 is 4.85. The highest BCUT2D eigenvalue weighted by Gasteiger charge is 2.41. The smallest absolute Gasteiger partial charge is 0.282 e. The number of halogens is 1. The highest BCUT2D eigenvalue weighted by atomic mass is 79.9. The number of hydrogen-bond donors (Lipinski definition) is 1. The fraction of sp³-hybridized carbons (Fsp3) is 0.0909. The van der Waals surface area contributed by atoms with Gasteiger partial charge in [0.25, 0.3) is 11.8 Å². The molecule has 4 rings (SSSR count). The molecule has 0 fully saturated rings. The van der Waals surface area contributed by atoms with Crippen LogP contribution in [0.2, 0.25) is 0 Å². The number of imide groups is 1. The molecule has 146 valence electrons. The minimum Gasteiger partial charge on any atom is -0.495 e. The van der Waals surface area contributed by atoms with Gasteiger partial charge in [0.05, 0.1) is 18.4 Å². The van der Waals surface area contributed by atoms with Crippen molar-refractivity contribution in [2.75, 3.05) is 17.3 Å². The first kappa shape index (κ1) is 19.4. The summed E-state index contributed by atoms with van der Waals surface area (Å²) in [6.07, 6.45) is 0. The van der Waals surface area contributed by atoms with Gasteiger partial charge in [-0.2, -0.15) is 0 Å². The van der Waals surface area contributed by atoms with E-state index in [4.69, 9.17) is 4.74 Å². The molecule has 0 saturated carbocycles. The zero-order valence-electron chi connectivity index (χ0n) is 15.7. The van der Waals surface area contributed by atoms with Crippen LogP contribution in [0, 0.1) is 6.92 Å². The van der Waals surface area contributed by atoms with Crippen LogP contribution in [0.15, 0.2) is 70.1 Å². The molecule has 0 atom stereocenters. The fourth-order valence-corrected chi connectivity index (χ4v) is 4.37. The molecule has 2 aromatic carbocycles. The number of carbonyl (C=O) groups excluding carboxylic acids is 2. The third-order valence-electron chi connectivity index (χ3n) is 4.52. The molecule has 0 bridgehead atoms. The standard InChI is InChI=1S/C22H17BrN2O3S/c1-13-8-9-17(28-2)16(11-13)25-21(26)19(18-7-4-10-29-18)20(22(25)27)24-15-6-3-5-14(23)12-15/h3-12,24H,1-2H3. The van der Waals surface area contributed by atoms with Gasteiger partial charge in [-0.1, -0.05) is 34.1 Å². The van der Waals surface area contributed by atoms with Crippen molar-refractivity contribution in [1.82, 2.24) is 0 Å². The van der Waals surface area contributed by atoms with E-state index in [1.54, 1.807) is 12.1 Å². The van der Waals surface area contributed by atoms with Crippen molar-refractivity contribution in [3.63, 3.8) is 0 Å². The molecule has 1 aromatic heterocycles. The van der Waals surface area contributed by atoms with Crippen LogP contribution in [0.5, 0.6) is 5.75 Å². The zero-order valence-corrected chi connectivity index (χ0v) is 18.1. The van der Waals surface area contributed by atoms with E-state index < -0.39 is 5.91 Å². The Morgan fingerprint density at radius 3 is 2.55 bits per heavy atom. The van der Waals surface area contributed by atoms with Crippen molar-refractivity contribution in [2.24, 2.45) is 0 Å². The van der Waals surface area contributed by atoms with E-state index in [2.05, 4.69) is 21.2 Å². The van der Waals surface area contributed by atoms with Gasteiger partial charge in [0.15, 0.2) is 0 Å². The number of nitrogens with zero attached hydrogens (tertiary/aromatic N) is 1. The van der Waals surface area contributed by atoms with Crippen LogP contribution < -0.4 is 15.0 Å². The summed E-state index contributed by atoms with van der Waals surface area (Å²) in [5.74, 6) is -0.326. The minimum atomic E-state index is -0.415. The average molecular weight is 469 g/mol. The lowest BCUT2D eigenvalue weighted by molar-refractivity contribution is -0.120. The number of anilines is 2. The molecular formula is C22H17BrN2O3S. The average Bonchev–Trinajstić information content (AvgIpc) is 3.29. The van der Waals surface area contributed by atoms with Crippen LogP contribution in [0.1, 0.15) is 10.4 Å². The monoisotopic (exact) mass is 468 g/mol. The van der Waals surface area contributed by atoms with E-state index in [9.17, 15) is 9.59 Å². The van der Waals surface area contributed by atoms with Crippen molar-refractivity contribution in [3.8, 4) is 5.75 Å². The van der Waals surface area contributed by atoms with Crippen LogP contribution in [0.4, 0.5) is 11.4 Å². The van der Waals surface area contributed by atoms with Gasteiger partial charge >= 0.3 is 0 Å². The molecule has 1 N–H and O–H groups in total. The number of nitrogens with one attached hydrogen (secondary N) is 1. The minimum absolute atomic E-state index is 0.249. The Morgan fingerprint density at radius 2 is 1.86 bits per heavy atom. The lowest BCUT2D eigenvalue weighted by atomic mass is 10.1. The van der Waals surface area contributed by atoms with Gasteiger partial charge in [0.1, 0.15) is 11.4 Å². The number of hydrogen-bond acceptors (Lipinski definition) is 5. The molecule has 3 aromatic rings. The van der Waals surface area contributed by atoms with Gasteiger partial charge in [0.2, 0.25) is 0 Å². The number of amides is 2. The summed E-state index contributed by atoms with van der Waals surface area (Å²) in [5.41, 5.74) is 2.67.